The molecule has 2 saturated heterocycles. The molecule has 0 radical (unpaired) electrons. The van der Waals surface area contributed by atoms with E-state index in [0.717, 1.165) is 23.3 Å². The summed E-state index contributed by atoms with van der Waals surface area (Å²) in [4.78, 5) is 27.9. The molecule has 3 amide bonds. The van der Waals surface area contributed by atoms with Crippen molar-refractivity contribution < 1.29 is 18.4 Å². The van der Waals surface area contributed by atoms with Crippen LogP contribution in [0.5, 0.6) is 0 Å². The van der Waals surface area contributed by atoms with Crippen molar-refractivity contribution in [2.24, 2.45) is 0 Å². The summed E-state index contributed by atoms with van der Waals surface area (Å²) in [6, 6.07) is 8.38. The highest BCUT2D eigenvalue weighted by Gasteiger charge is 2.47. The smallest absolute Gasteiger partial charge is 0.317 e. The first-order valence-electron chi connectivity index (χ1n) is 10.6. The van der Waals surface area contributed by atoms with Gasteiger partial charge in [0, 0.05) is 26.1 Å². The number of amides is 3. The fraction of sp³-hybridized carbons (Fsp3) is 0.524. The number of halogens is 2. The molecule has 2 aromatic rings. The largest absolute Gasteiger partial charge is 0.338 e. The number of rotatable bonds is 6. The molecule has 10 heteroatoms. The highest BCUT2D eigenvalue weighted by molar-refractivity contribution is 5.92. The Morgan fingerprint density at radius 3 is 2.65 bits per heavy atom. The second-order valence-electron chi connectivity index (χ2n) is 8.13. The van der Waals surface area contributed by atoms with Crippen LogP contribution in [0.2, 0.25) is 0 Å². The van der Waals surface area contributed by atoms with E-state index in [0.29, 0.717) is 26.1 Å². The standard InChI is InChI=1S/C21H26F2N6O2/c22-21(23)12-17(13-28-14-18(25-26-28)19(30)27-10-4-5-11-27)29(15-21)20(31)24-9-8-16-6-2-1-3-7-16/h1-3,6-7,14,17H,4-5,8-13,15H2,(H,24,31). The Kier molecular flexibility index (Phi) is 6.15. The summed E-state index contributed by atoms with van der Waals surface area (Å²) < 4.78 is 29.6. The van der Waals surface area contributed by atoms with Crippen LogP contribution in [-0.4, -0.2) is 74.9 Å². The second-order valence-corrected chi connectivity index (χ2v) is 8.13. The Labute approximate surface area is 179 Å². The summed E-state index contributed by atoms with van der Waals surface area (Å²) in [7, 11) is 0. The van der Waals surface area contributed by atoms with Crippen LogP contribution in [0.1, 0.15) is 35.3 Å². The molecular formula is C21H26F2N6O2. The summed E-state index contributed by atoms with van der Waals surface area (Å²) in [5.74, 6) is -3.16. The predicted octanol–water partition coefficient (Wildman–Crippen LogP) is 2.18. The second kappa shape index (κ2) is 8.99. The van der Waals surface area contributed by atoms with Crippen LogP contribution < -0.4 is 5.32 Å². The maximum Gasteiger partial charge on any atom is 0.317 e. The molecule has 0 bridgehead atoms. The Bertz CT molecular complexity index is 914. The summed E-state index contributed by atoms with van der Waals surface area (Å²) in [5, 5.41) is 10.6. The lowest BCUT2D eigenvalue weighted by Crippen LogP contribution is -2.45. The van der Waals surface area contributed by atoms with E-state index in [-0.39, 0.29) is 18.1 Å². The van der Waals surface area contributed by atoms with Gasteiger partial charge in [0.1, 0.15) is 0 Å². The lowest BCUT2D eigenvalue weighted by Gasteiger charge is -2.24. The maximum absolute atomic E-state index is 14.1. The Morgan fingerprint density at radius 2 is 1.90 bits per heavy atom. The van der Waals surface area contributed by atoms with Crippen molar-refractivity contribution in [2.45, 2.75) is 44.2 Å². The van der Waals surface area contributed by atoms with Crippen LogP contribution in [0.3, 0.4) is 0 Å². The van der Waals surface area contributed by atoms with Gasteiger partial charge in [-0.05, 0) is 24.8 Å². The quantitative estimate of drug-likeness (QED) is 0.759. The molecule has 2 aliphatic heterocycles. The van der Waals surface area contributed by atoms with Gasteiger partial charge in [-0.25, -0.2) is 18.3 Å². The minimum Gasteiger partial charge on any atom is -0.338 e. The number of benzene rings is 1. The van der Waals surface area contributed by atoms with Gasteiger partial charge in [-0.3, -0.25) is 4.79 Å². The van der Waals surface area contributed by atoms with Gasteiger partial charge in [0.05, 0.1) is 25.3 Å². The van der Waals surface area contributed by atoms with E-state index in [1.54, 1.807) is 4.90 Å². The highest BCUT2D eigenvalue weighted by Crippen LogP contribution is 2.32. The van der Waals surface area contributed by atoms with Crippen molar-refractivity contribution in [3.8, 4) is 0 Å². The number of carbonyl (C=O) groups is 2. The van der Waals surface area contributed by atoms with Gasteiger partial charge in [0.15, 0.2) is 5.69 Å². The van der Waals surface area contributed by atoms with Gasteiger partial charge in [0.25, 0.3) is 11.8 Å². The lowest BCUT2D eigenvalue weighted by atomic mass is 10.1. The molecule has 0 saturated carbocycles. The molecule has 166 valence electrons. The zero-order valence-electron chi connectivity index (χ0n) is 17.2. The van der Waals surface area contributed by atoms with E-state index in [1.807, 2.05) is 30.3 Å². The van der Waals surface area contributed by atoms with Crippen molar-refractivity contribution in [1.82, 2.24) is 30.1 Å². The zero-order chi connectivity index (χ0) is 21.8. The number of likely N-dealkylation sites (tertiary alicyclic amines) is 2. The first-order chi connectivity index (χ1) is 14.9. The number of alkyl halides is 2. The average Bonchev–Trinajstić information content (AvgIpc) is 3.49. The number of aromatic nitrogens is 3. The molecule has 8 nitrogen and oxygen atoms in total. The summed E-state index contributed by atoms with van der Waals surface area (Å²) in [6.45, 7) is 1.16. The minimum atomic E-state index is -2.96. The normalized spacial score (nSPS) is 20.3. The van der Waals surface area contributed by atoms with Crippen LogP contribution in [0.25, 0.3) is 0 Å². The van der Waals surface area contributed by atoms with E-state index in [9.17, 15) is 18.4 Å². The van der Waals surface area contributed by atoms with E-state index in [4.69, 9.17) is 0 Å². The number of carbonyl (C=O) groups excluding carboxylic acids is 2. The van der Waals surface area contributed by atoms with Crippen LogP contribution >= 0.6 is 0 Å². The molecule has 2 fully saturated rings. The third-order valence-corrected chi connectivity index (χ3v) is 5.72. The summed E-state index contributed by atoms with van der Waals surface area (Å²) in [5.41, 5.74) is 1.26. The van der Waals surface area contributed by atoms with E-state index in [1.165, 1.54) is 10.9 Å². The lowest BCUT2D eigenvalue weighted by molar-refractivity contribution is 0.0145. The summed E-state index contributed by atoms with van der Waals surface area (Å²) >= 11 is 0. The number of nitrogens with zero attached hydrogens (tertiary/aromatic N) is 5. The maximum atomic E-state index is 14.1. The molecule has 1 aromatic carbocycles. The number of nitrogens with one attached hydrogen (secondary N) is 1. The van der Waals surface area contributed by atoms with E-state index < -0.39 is 31.0 Å². The van der Waals surface area contributed by atoms with Crippen LogP contribution in [0, 0.1) is 0 Å². The van der Waals surface area contributed by atoms with Crippen LogP contribution in [-0.2, 0) is 13.0 Å². The first kappa shape index (κ1) is 21.2. The number of hydrogen-bond acceptors (Lipinski definition) is 4. The van der Waals surface area contributed by atoms with Gasteiger partial charge >= 0.3 is 6.03 Å². The molecule has 1 unspecified atom stereocenters. The van der Waals surface area contributed by atoms with Gasteiger partial charge in [0.2, 0.25) is 0 Å². The fourth-order valence-corrected chi connectivity index (χ4v) is 4.14. The summed E-state index contributed by atoms with van der Waals surface area (Å²) in [6.07, 6.45) is 3.57. The highest BCUT2D eigenvalue weighted by atomic mass is 19.3. The number of hydrogen-bond donors (Lipinski definition) is 1. The molecule has 4 rings (SSSR count). The zero-order valence-corrected chi connectivity index (χ0v) is 17.2. The molecule has 1 aromatic heterocycles. The monoisotopic (exact) mass is 432 g/mol. The van der Waals surface area contributed by atoms with Crippen molar-refractivity contribution in [1.29, 1.82) is 0 Å². The Morgan fingerprint density at radius 1 is 1.16 bits per heavy atom. The van der Waals surface area contributed by atoms with Crippen molar-refractivity contribution in [3.05, 3.63) is 47.8 Å². The SMILES string of the molecule is O=C(c1cn(CC2CC(F)(F)CN2C(=O)NCCc2ccccc2)nn1)N1CCCC1. The molecule has 0 aliphatic carbocycles. The first-order valence-corrected chi connectivity index (χ1v) is 10.6. The van der Waals surface area contributed by atoms with Crippen molar-refractivity contribution in [2.75, 3.05) is 26.2 Å². The average molecular weight is 432 g/mol. The third-order valence-electron chi connectivity index (χ3n) is 5.72. The minimum absolute atomic E-state index is 0.0575. The van der Waals surface area contributed by atoms with Gasteiger partial charge in [-0.15, -0.1) is 5.10 Å². The molecular weight excluding hydrogens is 406 g/mol. The topological polar surface area (TPSA) is 83.4 Å². The predicted molar refractivity (Wildman–Crippen MR) is 109 cm³/mol. The molecule has 0 spiro atoms. The van der Waals surface area contributed by atoms with Crippen molar-refractivity contribution >= 4 is 11.9 Å². The van der Waals surface area contributed by atoms with E-state index in [2.05, 4.69) is 15.6 Å². The molecule has 1 N–H and O–H groups in total. The molecule has 31 heavy (non-hydrogen) atoms. The Balaban J connectivity index is 1.36. The Hall–Kier alpha value is -3.04. The van der Waals surface area contributed by atoms with Gasteiger partial charge in [-0.2, -0.15) is 0 Å². The van der Waals surface area contributed by atoms with Crippen molar-refractivity contribution in [3.63, 3.8) is 0 Å². The fourth-order valence-electron chi connectivity index (χ4n) is 4.14. The van der Waals surface area contributed by atoms with Crippen LogP contribution in [0.4, 0.5) is 13.6 Å². The van der Waals surface area contributed by atoms with Crippen LogP contribution in [0.15, 0.2) is 36.5 Å². The molecule has 2 aliphatic rings. The van der Waals surface area contributed by atoms with E-state index >= 15 is 0 Å². The van der Waals surface area contributed by atoms with Gasteiger partial charge < -0.3 is 15.1 Å². The molecule has 3 heterocycles. The third kappa shape index (κ3) is 5.18. The number of urea groups is 1. The molecule has 1 atom stereocenters. The van der Waals surface area contributed by atoms with Gasteiger partial charge in [-0.1, -0.05) is 35.5 Å².